The van der Waals surface area contributed by atoms with Gasteiger partial charge in [0.25, 0.3) is 0 Å². The van der Waals surface area contributed by atoms with Crippen LogP contribution >= 0.6 is 0 Å². The summed E-state index contributed by atoms with van der Waals surface area (Å²) in [4.78, 5) is 7.58. The molecule has 20 heavy (non-hydrogen) atoms. The van der Waals surface area contributed by atoms with Gasteiger partial charge in [0.2, 0.25) is 0 Å². The number of nitrogens with two attached hydrogens (primary N) is 1. The predicted molar refractivity (Wildman–Crippen MR) is 74.8 cm³/mol. The van der Waals surface area contributed by atoms with Crippen molar-refractivity contribution < 1.29 is 9.13 Å². The highest BCUT2D eigenvalue weighted by molar-refractivity contribution is 5.60. The minimum Gasteiger partial charge on any atom is -0.494 e. The van der Waals surface area contributed by atoms with E-state index in [0.717, 1.165) is 29.9 Å². The Balaban J connectivity index is 1.92. The van der Waals surface area contributed by atoms with Crippen molar-refractivity contribution in [3.8, 4) is 17.0 Å². The first-order valence-electron chi connectivity index (χ1n) is 6.70. The summed E-state index contributed by atoms with van der Waals surface area (Å²) in [7, 11) is 1.45. The zero-order valence-corrected chi connectivity index (χ0v) is 11.6. The molecular formula is C15H18FN3O. The Morgan fingerprint density at radius 1 is 1.45 bits per heavy atom. The van der Waals surface area contributed by atoms with Gasteiger partial charge in [-0.2, -0.15) is 0 Å². The van der Waals surface area contributed by atoms with Crippen LogP contribution in [0.5, 0.6) is 5.75 Å². The van der Waals surface area contributed by atoms with Crippen LogP contribution in [-0.4, -0.2) is 17.1 Å². The van der Waals surface area contributed by atoms with Crippen LogP contribution in [0.2, 0.25) is 0 Å². The van der Waals surface area contributed by atoms with Crippen LogP contribution in [0.15, 0.2) is 24.4 Å². The molecule has 3 N–H and O–H groups in total. The van der Waals surface area contributed by atoms with Crippen molar-refractivity contribution in [2.24, 2.45) is 11.7 Å². The molecule has 1 aliphatic rings. The topological polar surface area (TPSA) is 63.9 Å². The second-order valence-corrected chi connectivity index (χ2v) is 5.55. The maximum absolute atomic E-state index is 13.7. The molecule has 1 aromatic carbocycles. The van der Waals surface area contributed by atoms with Crippen LogP contribution in [0.3, 0.4) is 0 Å². The number of ether oxygens (including phenoxy) is 1. The van der Waals surface area contributed by atoms with E-state index in [4.69, 9.17) is 10.5 Å². The maximum atomic E-state index is 13.7. The van der Waals surface area contributed by atoms with E-state index in [9.17, 15) is 4.39 Å². The summed E-state index contributed by atoms with van der Waals surface area (Å²) in [5, 5.41) is 0. The molecule has 1 aliphatic carbocycles. The van der Waals surface area contributed by atoms with Crippen molar-refractivity contribution >= 4 is 0 Å². The highest BCUT2D eigenvalue weighted by atomic mass is 19.1. The van der Waals surface area contributed by atoms with Gasteiger partial charge in [0.1, 0.15) is 5.82 Å². The molecule has 4 nitrogen and oxygen atoms in total. The molecule has 1 saturated carbocycles. The van der Waals surface area contributed by atoms with Gasteiger partial charge >= 0.3 is 0 Å². The number of nitrogens with zero attached hydrogens (tertiary/aromatic N) is 1. The molecule has 0 bridgehead atoms. The summed E-state index contributed by atoms with van der Waals surface area (Å²) in [6.07, 6.45) is 3.98. The Morgan fingerprint density at radius 2 is 2.20 bits per heavy atom. The first kappa shape index (κ1) is 13.1. The first-order chi connectivity index (χ1) is 9.52. The number of rotatable bonds is 4. The number of halogens is 1. The normalized spacial score (nSPS) is 17.8. The maximum Gasteiger partial charge on any atom is 0.165 e. The molecule has 0 aliphatic heterocycles. The van der Waals surface area contributed by atoms with Crippen molar-refractivity contribution in [2.75, 3.05) is 7.11 Å². The van der Waals surface area contributed by atoms with Gasteiger partial charge in [-0.3, -0.25) is 0 Å². The van der Waals surface area contributed by atoms with E-state index in [-0.39, 0.29) is 11.6 Å². The SMILES string of the molecule is COc1ccc(-c2cnc(C(C)(N)C3CC3)[nH]2)cc1F. The zero-order chi connectivity index (χ0) is 14.3. The van der Waals surface area contributed by atoms with Crippen LogP contribution in [0, 0.1) is 11.7 Å². The summed E-state index contributed by atoms with van der Waals surface area (Å²) in [5.74, 6) is 1.08. The van der Waals surface area contributed by atoms with E-state index in [0.29, 0.717) is 5.92 Å². The number of methoxy groups -OCH3 is 1. The lowest BCUT2D eigenvalue weighted by Crippen LogP contribution is -2.36. The van der Waals surface area contributed by atoms with Gasteiger partial charge in [-0.25, -0.2) is 9.37 Å². The Hall–Kier alpha value is -1.88. The van der Waals surface area contributed by atoms with Gasteiger partial charge in [0.05, 0.1) is 24.5 Å². The molecule has 1 unspecified atom stereocenters. The molecule has 5 heteroatoms. The summed E-state index contributed by atoms with van der Waals surface area (Å²) < 4.78 is 18.6. The summed E-state index contributed by atoms with van der Waals surface area (Å²) in [5.41, 5.74) is 7.37. The van der Waals surface area contributed by atoms with Gasteiger partial charge in [0, 0.05) is 5.56 Å². The minimum atomic E-state index is -0.441. The second kappa shape index (κ2) is 4.59. The number of hydrogen-bond donors (Lipinski definition) is 2. The number of H-pyrrole nitrogens is 1. The van der Waals surface area contributed by atoms with Crippen LogP contribution in [0.4, 0.5) is 4.39 Å². The van der Waals surface area contributed by atoms with Crippen molar-refractivity contribution in [3.63, 3.8) is 0 Å². The van der Waals surface area contributed by atoms with Crippen molar-refractivity contribution in [1.29, 1.82) is 0 Å². The van der Waals surface area contributed by atoms with Gasteiger partial charge in [0.15, 0.2) is 11.6 Å². The average Bonchev–Trinajstić information content (AvgIpc) is 3.16. The molecule has 1 fully saturated rings. The van der Waals surface area contributed by atoms with Crippen LogP contribution in [-0.2, 0) is 5.54 Å². The standard InChI is InChI=1S/C15H18FN3O/c1-15(17,10-4-5-10)14-18-8-12(19-14)9-3-6-13(20-2)11(16)7-9/h3,6-8,10H,4-5,17H2,1-2H3,(H,18,19). The summed E-state index contributed by atoms with van der Waals surface area (Å²) in [6.45, 7) is 1.99. The molecule has 1 heterocycles. The third-order valence-corrected chi connectivity index (χ3v) is 3.97. The number of aromatic nitrogens is 2. The quantitative estimate of drug-likeness (QED) is 0.901. The zero-order valence-electron chi connectivity index (χ0n) is 11.6. The molecule has 0 amide bonds. The van der Waals surface area contributed by atoms with Gasteiger partial charge in [-0.1, -0.05) is 0 Å². The Kier molecular flexibility index (Phi) is 3.01. The first-order valence-corrected chi connectivity index (χ1v) is 6.70. The van der Waals surface area contributed by atoms with Crippen LogP contribution in [0.1, 0.15) is 25.6 Å². The minimum absolute atomic E-state index is 0.232. The van der Waals surface area contributed by atoms with Gasteiger partial charge in [-0.05, 0) is 43.9 Å². The molecule has 1 aromatic heterocycles. The van der Waals surface area contributed by atoms with E-state index < -0.39 is 5.54 Å². The monoisotopic (exact) mass is 275 g/mol. The molecule has 0 spiro atoms. The van der Waals surface area contributed by atoms with E-state index in [1.54, 1.807) is 18.3 Å². The van der Waals surface area contributed by atoms with Crippen LogP contribution in [0.25, 0.3) is 11.3 Å². The van der Waals surface area contributed by atoms with Crippen molar-refractivity contribution in [2.45, 2.75) is 25.3 Å². The smallest absolute Gasteiger partial charge is 0.165 e. The molecule has 106 valence electrons. The van der Waals surface area contributed by atoms with E-state index >= 15 is 0 Å². The largest absolute Gasteiger partial charge is 0.494 e. The highest BCUT2D eigenvalue weighted by Gasteiger charge is 2.41. The average molecular weight is 275 g/mol. The lowest BCUT2D eigenvalue weighted by Gasteiger charge is -2.21. The third-order valence-electron chi connectivity index (χ3n) is 3.97. The molecule has 1 atom stereocenters. The van der Waals surface area contributed by atoms with Gasteiger partial charge in [-0.15, -0.1) is 0 Å². The fraction of sp³-hybridized carbons (Fsp3) is 0.400. The number of nitrogens with one attached hydrogen (secondary N) is 1. The fourth-order valence-corrected chi connectivity index (χ4v) is 2.45. The fourth-order valence-electron chi connectivity index (χ4n) is 2.45. The Bertz CT molecular complexity index is 632. The molecule has 2 aromatic rings. The molecule has 0 radical (unpaired) electrons. The van der Waals surface area contributed by atoms with E-state index in [2.05, 4.69) is 9.97 Å². The summed E-state index contributed by atoms with van der Waals surface area (Å²) in [6, 6.07) is 4.83. The highest BCUT2D eigenvalue weighted by Crippen LogP contribution is 2.43. The number of aromatic amines is 1. The van der Waals surface area contributed by atoms with Crippen molar-refractivity contribution in [1.82, 2.24) is 9.97 Å². The second-order valence-electron chi connectivity index (χ2n) is 5.55. The van der Waals surface area contributed by atoms with Crippen LogP contribution < -0.4 is 10.5 Å². The lowest BCUT2D eigenvalue weighted by molar-refractivity contribution is 0.386. The van der Waals surface area contributed by atoms with E-state index in [1.165, 1.54) is 13.2 Å². The lowest BCUT2D eigenvalue weighted by atomic mass is 9.97. The number of imidazole rings is 1. The van der Waals surface area contributed by atoms with Crippen molar-refractivity contribution in [3.05, 3.63) is 36.0 Å². The Morgan fingerprint density at radius 3 is 2.80 bits per heavy atom. The third kappa shape index (κ3) is 2.18. The number of hydrogen-bond acceptors (Lipinski definition) is 3. The number of benzene rings is 1. The van der Waals surface area contributed by atoms with E-state index in [1.807, 2.05) is 6.92 Å². The Labute approximate surface area is 117 Å². The summed E-state index contributed by atoms with van der Waals surface area (Å²) >= 11 is 0. The predicted octanol–water partition coefficient (Wildman–Crippen LogP) is 2.81. The van der Waals surface area contributed by atoms with Gasteiger partial charge < -0.3 is 15.5 Å². The molecule has 3 rings (SSSR count). The molecular weight excluding hydrogens is 257 g/mol. The molecule has 0 saturated heterocycles.